The van der Waals surface area contributed by atoms with Gasteiger partial charge in [-0.1, -0.05) is 0 Å². The summed E-state index contributed by atoms with van der Waals surface area (Å²) in [5.41, 5.74) is -0.342. The lowest BCUT2D eigenvalue weighted by atomic mass is 9.73. The molecule has 7 nitrogen and oxygen atoms in total. The van der Waals surface area contributed by atoms with Crippen molar-refractivity contribution in [1.82, 2.24) is 9.80 Å². The highest BCUT2D eigenvalue weighted by Gasteiger charge is 2.55. The largest absolute Gasteiger partial charge is 0.497 e. The van der Waals surface area contributed by atoms with Gasteiger partial charge in [-0.2, -0.15) is 0 Å². The Bertz CT molecular complexity index is 732. The molecule has 0 aromatic heterocycles. The maximum atomic E-state index is 12.6. The third-order valence-electron chi connectivity index (χ3n) is 5.86. The van der Waals surface area contributed by atoms with E-state index in [0.29, 0.717) is 24.4 Å². The van der Waals surface area contributed by atoms with Crippen molar-refractivity contribution >= 4 is 17.7 Å². The van der Waals surface area contributed by atoms with Gasteiger partial charge in [-0.25, -0.2) is 0 Å². The van der Waals surface area contributed by atoms with Crippen LogP contribution in [0.3, 0.4) is 0 Å². The maximum Gasteiger partial charge on any atom is 0.313 e. The first-order valence-corrected chi connectivity index (χ1v) is 9.22. The Kier molecular flexibility index (Phi) is 5.51. The van der Waals surface area contributed by atoms with Crippen LogP contribution in [0.25, 0.3) is 0 Å². The molecule has 2 aliphatic heterocycles. The number of amides is 1. The Morgan fingerprint density at radius 2 is 1.89 bits per heavy atom. The number of carbonyl (C=O) groups excluding carboxylic acids is 2. The number of ketones is 1. The molecular weight excluding hydrogens is 348 g/mol. The maximum absolute atomic E-state index is 12.6. The van der Waals surface area contributed by atoms with E-state index in [4.69, 9.17) is 4.74 Å². The summed E-state index contributed by atoms with van der Waals surface area (Å²) in [5.74, 6) is -0.424. The molecule has 1 amide bonds. The molecule has 146 valence electrons. The first-order valence-electron chi connectivity index (χ1n) is 9.22. The van der Waals surface area contributed by atoms with Crippen molar-refractivity contribution in [3.05, 3.63) is 29.8 Å². The lowest BCUT2D eigenvalue weighted by molar-refractivity contribution is -0.154. The van der Waals surface area contributed by atoms with Crippen LogP contribution in [0.2, 0.25) is 0 Å². The predicted molar refractivity (Wildman–Crippen MR) is 98.8 cm³/mol. The van der Waals surface area contributed by atoms with Crippen molar-refractivity contribution in [3.63, 3.8) is 0 Å². The number of fused-ring (bicyclic) bond motifs is 1. The number of ether oxygens (including phenoxy) is 1. The number of rotatable bonds is 6. The molecule has 2 fully saturated rings. The number of hydrogen-bond donors (Lipinski definition) is 1. The lowest BCUT2D eigenvalue weighted by Crippen LogP contribution is -2.52. The van der Waals surface area contributed by atoms with Gasteiger partial charge in [0.15, 0.2) is 5.78 Å². The van der Waals surface area contributed by atoms with Crippen LogP contribution in [0.15, 0.2) is 24.3 Å². The number of likely N-dealkylation sites (tertiary alicyclic amines) is 2. The summed E-state index contributed by atoms with van der Waals surface area (Å²) in [6.07, 6.45) is 0.993. The molecule has 0 spiro atoms. The molecule has 2 saturated heterocycles. The zero-order valence-corrected chi connectivity index (χ0v) is 15.8. The quantitative estimate of drug-likeness (QED) is 0.760. The summed E-state index contributed by atoms with van der Waals surface area (Å²) in [6.45, 7) is 2.00. The number of methoxy groups -OCH3 is 1. The Morgan fingerprint density at radius 3 is 2.52 bits per heavy atom. The van der Waals surface area contributed by atoms with Crippen LogP contribution < -0.4 is 4.74 Å². The van der Waals surface area contributed by atoms with E-state index >= 15 is 0 Å². The summed E-state index contributed by atoms with van der Waals surface area (Å²) in [6, 6.07) is 6.80. The van der Waals surface area contributed by atoms with Crippen molar-refractivity contribution in [2.45, 2.75) is 19.3 Å². The van der Waals surface area contributed by atoms with Gasteiger partial charge >= 0.3 is 5.97 Å². The highest BCUT2D eigenvalue weighted by Crippen LogP contribution is 2.42. The average Bonchev–Trinajstić information content (AvgIpc) is 3.06. The third kappa shape index (κ3) is 3.83. The van der Waals surface area contributed by atoms with E-state index in [2.05, 4.69) is 0 Å². The molecule has 0 aliphatic carbocycles. The van der Waals surface area contributed by atoms with E-state index in [9.17, 15) is 19.5 Å². The molecule has 3 rings (SSSR count). The smallest absolute Gasteiger partial charge is 0.313 e. The van der Waals surface area contributed by atoms with Crippen LogP contribution in [-0.4, -0.2) is 72.9 Å². The molecule has 2 aliphatic rings. The number of piperidine rings is 1. The minimum atomic E-state index is -0.886. The van der Waals surface area contributed by atoms with E-state index in [1.54, 1.807) is 36.3 Å². The molecule has 0 bridgehead atoms. The third-order valence-corrected chi connectivity index (χ3v) is 5.86. The van der Waals surface area contributed by atoms with Gasteiger partial charge in [-0.3, -0.25) is 14.4 Å². The van der Waals surface area contributed by atoms with Crippen LogP contribution >= 0.6 is 0 Å². The van der Waals surface area contributed by atoms with Crippen LogP contribution in [0, 0.1) is 11.3 Å². The molecule has 2 atom stereocenters. The standard InChI is InChI=1S/C20H26N2O5/c1-21-10-9-15-11-22(13-20(15,12-21)19(25)26)18(24)8-7-17(23)14-3-5-16(27-2)6-4-14/h3-6,15H,7-13H2,1-2H3,(H,25,26). The number of hydrogen-bond acceptors (Lipinski definition) is 5. The number of benzene rings is 1. The Hall–Kier alpha value is -2.41. The number of carbonyl (C=O) groups is 3. The molecule has 0 saturated carbocycles. The summed E-state index contributed by atoms with van der Waals surface area (Å²) in [7, 11) is 3.48. The highest BCUT2D eigenvalue weighted by atomic mass is 16.5. The molecule has 2 heterocycles. The first-order chi connectivity index (χ1) is 12.9. The van der Waals surface area contributed by atoms with Crippen molar-refractivity contribution in [3.8, 4) is 5.75 Å². The van der Waals surface area contributed by atoms with E-state index in [1.165, 1.54) is 0 Å². The zero-order chi connectivity index (χ0) is 19.6. The van der Waals surface area contributed by atoms with E-state index in [0.717, 1.165) is 13.0 Å². The van der Waals surface area contributed by atoms with Gasteiger partial charge in [-0.05, 0) is 50.2 Å². The Labute approximate surface area is 158 Å². The van der Waals surface area contributed by atoms with Gasteiger partial charge in [0, 0.05) is 38.0 Å². The van der Waals surface area contributed by atoms with Gasteiger partial charge in [0.05, 0.1) is 7.11 Å². The number of nitrogens with zero attached hydrogens (tertiary/aromatic N) is 2. The van der Waals surface area contributed by atoms with E-state index in [1.807, 2.05) is 11.9 Å². The summed E-state index contributed by atoms with van der Waals surface area (Å²) in [4.78, 5) is 40.5. The minimum Gasteiger partial charge on any atom is -0.497 e. The topological polar surface area (TPSA) is 87.2 Å². The molecule has 27 heavy (non-hydrogen) atoms. The summed E-state index contributed by atoms with van der Waals surface area (Å²) < 4.78 is 5.07. The predicted octanol–water partition coefficient (Wildman–Crippen LogP) is 1.52. The first kappa shape index (κ1) is 19.4. The summed E-state index contributed by atoms with van der Waals surface area (Å²) in [5, 5.41) is 9.80. The molecule has 1 aromatic carbocycles. The second-order valence-corrected chi connectivity index (χ2v) is 7.61. The summed E-state index contributed by atoms with van der Waals surface area (Å²) >= 11 is 0. The second kappa shape index (κ2) is 7.68. The Morgan fingerprint density at radius 1 is 1.19 bits per heavy atom. The highest BCUT2D eigenvalue weighted by molar-refractivity contribution is 5.98. The molecular formula is C20H26N2O5. The van der Waals surface area contributed by atoms with Crippen LogP contribution in [0.4, 0.5) is 0 Å². The fourth-order valence-electron chi connectivity index (χ4n) is 4.26. The normalized spacial score (nSPS) is 25.1. The van der Waals surface area contributed by atoms with Crippen molar-refractivity contribution in [2.24, 2.45) is 11.3 Å². The SMILES string of the molecule is COc1ccc(C(=O)CCC(=O)N2CC3CCN(C)CC3(C(=O)O)C2)cc1. The lowest BCUT2D eigenvalue weighted by Gasteiger charge is -2.39. The number of aliphatic carboxylic acids is 1. The van der Waals surface area contributed by atoms with Gasteiger partial charge in [0.2, 0.25) is 5.91 Å². The van der Waals surface area contributed by atoms with Gasteiger partial charge in [0.25, 0.3) is 0 Å². The molecule has 1 N–H and O–H groups in total. The number of Topliss-reactive ketones (excluding diaryl/α,β-unsaturated/α-hetero) is 1. The fourth-order valence-corrected chi connectivity index (χ4v) is 4.26. The van der Waals surface area contributed by atoms with E-state index in [-0.39, 0.29) is 37.0 Å². The number of carboxylic acid groups (broad SMARTS) is 1. The van der Waals surface area contributed by atoms with Crippen molar-refractivity contribution in [2.75, 3.05) is 40.3 Å². The van der Waals surface area contributed by atoms with Crippen LogP contribution in [0.5, 0.6) is 5.75 Å². The van der Waals surface area contributed by atoms with Gasteiger partial charge in [-0.15, -0.1) is 0 Å². The number of carboxylic acids is 1. The van der Waals surface area contributed by atoms with Crippen molar-refractivity contribution in [1.29, 1.82) is 0 Å². The monoisotopic (exact) mass is 374 g/mol. The van der Waals surface area contributed by atoms with Crippen LogP contribution in [0.1, 0.15) is 29.6 Å². The second-order valence-electron chi connectivity index (χ2n) is 7.61. The molecule has 2 unspecified atom stereocenters. The minimum absolute atomic E-state index is 0.0209. The Balaban J connectivity index is 1.60. The average molecular weight is 374 g/mol. The van der Waals surface area contributed by atoms with Gasteiger partial charge in [0.1, 0.15) is 11.2 Å². The molecule has 7 heteroatoms. The van der Waals surface area contributed by atoms with Crippen LogP contribution in [-0.2, 0) is 9.59 Å². The van der Waals surface area contributed by atoms with Gasteiger partial charge < -0.3 is 19.6 Å². The fraction of sp³-hybridized carbons (Fsp3) is 0.550. The van der Waals surface area contributed by atoms with E-state index < -0.39 is 11.4 Å². The molecule has 0 radical (unpaired) electrons. The zero-order valence-electron chi connectivity index (χ0n) is 15.8. The molecule has 1 aromatic rings. The van der Waals surface area contributed by atoms with Crippen molar-refractivity contribution < 1.29 is 24.2 Å².